The Morgan fingerprint density at radius 1 is 1.00 bits per heavy atom. The summed E-state index contributed by atoms with van der Waals surface area (Å²) in [6.45, 7) is 0.686. The summed E-state index contributed by atoms with van der Waals surface area (Å²) in [5, 5.41) is 5.46. The van der Waals surface area contributed by atoms with Gasteiger partial charge in [0, 0.05) is 28.4 Å². The van der Waals surface area contributed by atoms with Gasteiger partial charge in [-0.25, -0.2) is 4.79 Å². The van der Waals surface area contributed by atoms with E-state index in [-0.39, 0.29) is 6.03 Å². The molecular weight excluding hydrogens is 376 g/mol. The van der Waals surface area contributed by atoms with Crippen LogP contribution in [0.4, 0.5) is 10.5 Å². The van der Waals surface area contributed by atoms with Crippen molar-refractivity contribution in [3.63, 3.8) is 0 Å². The predicted molar refractivity (Wildman–Crippen MR) is 96.2 cm³/mol. The number of benzene rings is 2. The van der Waals surface area contributed by atoms with Gasteiger partial charge in [0.15, 0.2) is 0 Å². The van der Waals surface area contributed by atoms with Crippen molar-refractivity contribution >= 4 is 27.6 Å². The van der Waals surface area contributed by atoms with Gasteiger partial charge >= 0.3 is 6.03 Å². The van der Waals surface area contributed by atoms with E-state index in [9.17, 15) is 4.79 Å². The quantitative estimate of drug-likeness (QED) is 0.702. The summed E-state index contributed by atoms with van der Waals surface area (Å²) in [6.07, 6.45) is 0. The van der Waals surface area contributed by atoms with Crippen LogP contribution in [0.5, 0.6) is 17.2 Å². The van der Waals surface area contributed by atoms with Crippen LogP contribution in [0.1, 0.15) is 0 Å². The molecule has 0 aliphatic carbocycles. The largest absolute Gasteiger partial charge is 0.496 e. The first-order chi connectivity index (χ1) is 11.6. The first-order valence-corrected chi connectivity index (χ1v) is 8.06. The minimum atomic E-state index is -0.288. The summed E-state index contributed by atoms with van der Waals surface area (Å²) in [6, 6.07) is 12.3. The molecule has 0 saturated carbocycles. The van der Waals surface area contributed by atoms with Crippen LogP contribution in [0.2, 0.25) is 0 Å². The summed E-state index contributed by atoms with van der Waals surface area (Å²) in [5.74, 6) is 1.90. The molecule has 0 aromatic heterocycles. The molecule has 2 rings (SSSR count). The molecule has 2 amide bonds. The van der Waals surface area contributed by atoms with Crippen molar-refractivity contribution in [2.24, 2.45) is 0 Å². The van der Waals surface area contributed by atoms with Gasteiger partial charge in [-0.05, 0) is 24.3 Å². The Bertz CT molecular complexity index is 655. The second-order valence-electron chi connectivity index (χ2n) is 4.78. The van der Waals surface area contributed by atoms with Gasteiger partial charge in [0.25, 0.3) is 0 Å². The first-order valence-electron chi connectivity index (χ1n) is 7.27. The number of hydrogen-bond donors (Lipinski definition) is 2. The van der Waals surface area contributed by atoms with Gasteiger partial charge in [-0.3, -0.25) is 0 Å². The maximum atomic E-state index is 11.8. The fourth-order valence-corrected chi connectivity index (χ4v) is 2.17. The SMILES string of the molecule is COc1cc(OC)cc(OCCNC(=O)Nc2ccc(Br)cc2)c1. The molecule has 2 N–H and O–H groups in total. The van der Waals surface area contributed by atoms with Crippen molar-refractivity contribution < 1.29 is 19.0 Å². The van der Waals surface area contributed by atoms with Gasteiger partial charge in [-0.1, -0.05) is 15.9 Å². The molecule has 0 bridgehead atoms. The molecule has 0 saturated heterocycles. The molecule has 0 unspecified atom stereocenters. The summed E-state index contributed by atoms with van der Waals surface area (Å²) >= 11 is 3.34. The lowest BCUT2D eigenvalue weighted by atomic mass is 10.3. The third-order valence-electron chi connectivity index (χ3n) is 3.08. The van der Waals surface area contributed by atoms with Gasteiger partial charge in [-0.15, -0.1) is 0 Å². The summed E-state index contributed by atoms with van der Waals surface area (Å²) in [4.78, 5) is 11.8. The summed E-state index contributed by atoms with van der Waals surface area (Å²) < 4.78 is 16.9. The Labute approximate surface area is 149 Å². The van der Waals surface area contributed by atoms with Crippen LogP contribution in [-0.4, -0.2) is 33.4 Å². The monoisotopic (exact) mass is 394 g/mol. The van der Waals surface area contributed by atoms with E-state index in [1.165, 1.54) is 0 Å². The molecule has 0 spiro atoms. The lowest BCUT2D eigenvalue weighted by molar-refractivity contribution is 0.247. The number of urea groups is 1. The predicted octanol–water partition coefficient (Wildman–Crippen LogP) is 3.67. The highest BCUT2D eigenvalue weighted by molar-refractivity contribution is 9.10. The molecule has 0 aliphatic heterocycles. The van der Waals surface area contributed by atoms with Crippen LogP contribution in [0, 0.1) is 0 Å². The van der Waals surface area contributed by atoms with Crippen molar-refractivity contribution in [2.75, 3.05) is 32.7 Å². The number of carbonyl (C=O) groups excluding carboxylic acids is 1. The Kier molecular flexibility index (Phi) is 6.74. The van der Waals surface area contributed by atoms with Crippen LogP contribution in [0.3, 0.4) is 0 Å². The van der Waals surface area contributed by atoms with Crippen LogP contribution < -0.4 is 24.8 Å². The van der Waals surface area contributed by atoms with Crippen molar-refractivity contribution in [3.05, 3.63) is 46.9 Å². The molecule has 0 aliphatic rings. The number of methoxy groups -OCH3 is 2. The topological polar surface area (TPSA) is 68.8 Å². The summed E-state index contributed by atoms with van der Waals surface area (Å²) in [5.41, 5.74) is 0.717. The number of halogens is 1. The fourth-order valence-electron chi connectivity index (χ4n) is 1.91. The second kappa shape index (κ2) is 9.02. The van der Waals surface area contributed by atoms with Gasteiger partial charge in [0.05, 0.1) is 20.8 Å². The van der Waals surface area contributed by atoms with Crippen molar-refractivity contribution in [2.45, 2.75) is 0 Å². The maximum Gasteiger partial charge on any atom is 0.319 e. The fraction of sp³-hybridized carbons (Fsp3) is 0.235. The molecule has 128 valence electrons. The molecule has 6 nitrogen and oxygen atoms in total. The number of hydrogen-bond acceptors (Lipinski definition) is 4. The van der Waals surface area contributed by atoms with Crippen LogP contribution in [0.25, 0.3) is 0 Å². The van der Waals surface area contributed by atoms with Crippen LogP contribution in [-0.2, 0) is 0 Å². The minimum absolute atomic E-state index is 0.288. The number of anilines is 1. The zero-order valence-electron chi connectivity index (χ0n) is 13.5. The zero-order chi connectivity index (χ0) is 17.4. The first kappa shape index (κ1) is 17.9. The molecule has 7 heteroatoms. The van der Waals surface area contributed by atoms with E-state index in [0.717, 1.165) is 4.47 Å². The third kappa shape index (κ3) is 5.66. The van der Waals surface area contributed by atoms with E-state index < -0.39 is 0 Å². The number of nitrogens with one attached hydrogen (secondary N) is 2. The molecule has 2 aromatic carbocycles. The number of rotatable bonds is 7. The second-order valence-corrected chi connectivity index (χ2v) is 5.70. The van der Waals surface area contributed by atoms with Gasteiger partial charge < -0.3 is 24.8 Å². The Hall–Kier alpha value is -2.41. The zero-order valence-corrected chi connectivity index (χ0v) is 15.1. The highest BCUT2D eigenvalue weighted by atomic mass is 79.9. The standard InChI is InChI=1S/C17H19BrN2O4/c1-22-14-9-15(23-2)11-16(10-14)24-8-7-19-17(21)20-13-5-3-12(18)4-6-13/h3-6,9-11H,7-8H2,1-2H3,(H2,19,20,21). The van der Waals surface area contributed by atoms with Crippen molar-refractivity contribution in [1.29, 1.82) is 0 Å². The highest BCUT2D eigenvalue weighted by Gasteiger charge is 2.04. The van der Waals surface area contributed by atoms with Gasteiger partial charge in [0.2, 0.25) is 0 Å². The molecular formula is C17H19BrN2O4. The summed E-state index contributed by atoms with van der Waals surface area (Å²) in [7, 11) is 3.15. The number of carbonyl (C=O) groups is 1. The minimum Gasteiger partial charge on any atom is -0.496 e. The maximum absolute atomic E-state index is 11.8. The highest BCUT2D eigenvalue weighted by Crippen LogP contribution is 2.27. The molecule has 24 heavy (non-hydrogen) atoms. The van der Waals surface area contributed by atoms with E-state index in [2.05, 4.69) is 26.6 Å². The van der Waals surface area contributed by atoms with E-state index in [1.54, 1.807) is 32.4 Å². The van der Waals surface area contributed by atoms with Gasteiger partial charge in [-0.2, -0.15) is 0 Å². The van der Waals surface area contributed by atoms with Gasteiger partial charge in [0.1, 0.15) is 23.9 Å². The van der Waals surface area contributed by atoms with E-state index in [1.807, 2.05) is 24.3 Å². The lowest BCUT2D eigenvalue weighted by Crippen LogP contribution is -2.32. The normalized spacial score (nSPS) is 9.96. The Morgan fingerprint density at radius 3 is 2.17 bits per heavy atom. The van der Waals surface area contributed by atoms with E-state index >= 15 is 0 Å². The van der Waals surface area contributed by atoms with Crippen molar-refractivity contribution in [1.82, 2.24) is 5.32 Å². The average molecular weight is 395 g/mol. The lowest BCUT2D eigenvalue weighted by Gasteiger charge is -2.11. The third-order valence-corrected chi connectivity index (χ3v) is 3.61. The van der Waals surface area contributed by atoms with Crippen LogP contribution in [0.15, 0.2) is 46.9 Å². The molecule has 0 fully saturated rings. The Morgan fingerprint density at radius 2 is 1.58 bits per heavy atom. The van der Waals surface area contributed by atoms with E-state index in [0.29, 0.717) is 36.1 Å². The smallest absolute Gasteiger partial charge is 0.319 e. The molecule has 2 aromatic rings. The molecule has 0 heterocycles. The van der Waals surface area contributed by atoms with E-state index in [4.69, 9.17) is 14.2 Å². The van der Waals surface area contributed by atoms with Crippen LogP contribution >= 0.6 is 15.9 Å². The molecule has 0 atom stereocenters. The van der Waals surface area contributed by atoms with Crippen molar-refractivity contribution in [3.8, 4) is 17.2 Å². The number of amides is 2. The average Bonchev–Trinajstić information content (AvgIpc) is 2.60. The number of ether oxygens (including phenoxy) is 3. The Balaban J connectivity index is 1.76. The molecule has 0 radical (unpaired) electrons.